The van der Waals surface area contributed by atoms with E-state index in [0.717, 1.165) is 20.9 Å². The van der Waals surface area contributed by atoms with Gasteiger partial charge in [-0.15, -0.1) is 11.3 Å². The van der Waals surface area contributed by atoms with Gasteiger partial charge in [-0.3, -0.25) is 14.6 Å². The summed E-state index contributed by atoms with van der Waals surface area (Å²) >= 11 is 1.63. The maximum atomic E-state index is 12.4. The Kier molecular flexibility index (Phi) is 3.93. The minimum atomic E-state index is -0.374. The summed E-state index contributed by atoms with van der Waals surface area (Å²) in [5, 5.41) is 3.81. The van der Waals surface area contributed by atoms with Gasteiger partial charge >= 0.3 is 0 Å². The molecule has 4 rings (SSSR count). The van der Waals surface area contributed by atoms with Gasteiger partial charge in [0.2, 0.25) is 11.8 Å². The SMILES string of the molecule is Cc1nc2cc(N3CC(C(=O)Nc4cccnc4)CC3=O)ccc2s1. The van der Waals surface area contributed by atoms with Crippen LogP contribution in [0.5, 0.6) is 0 Å². The molecule has 0 spiro atoms. The molecule has 0 aliphatic carbocycles. The number of rotatable bonds is 3. The number of anilines is 2. The Morgan fingerprint density at radius 2 is 2.24 bits per heavy atom. The molecule has 3 heterocycles. The molecule has 1 unspecified atom stereocenters. The number of carbonyl (C=O) groups is 2. The number of nitrogens with zero attached hydrogens (tertiary/aromatic N) is 3. The first kappa shape index (κ1) is 15.7. The lowest BCUT2D eigenvalue weighted by Crippen LogP contribution is -2.28. The largest absolute Gasteiger partial charge is 0.324 e. The van der Waals surface area contributed by atoms with Crippen LogP contribution in [0.3, 0.4) is 0 Å². The molecule has 25 heavy (non-hydrogen) atoms. The lowest BCUT2D eigenvalue weighted by atomic mass is 10.1. The summed E-state index contributed by atoms with van der Waals surface area (Å²) < 4.78 is 1.10. The third-order valence-corrected chi connectivity index (χ3v) is 5.17. The number of amides is 2. The Balaban J connectivity index is 1.52. The van der Waals surface area contributed by atoms with Crippen molar-refractivity contribution in [2.75, 3.05) is 16.8 Å². The first-order valence-corrected chi connectivity index (χ1v) is 8.80. The van der Waals surface area contributed by atoms with Crippen LogP contribution in [0.15, 0.2) is 42.7 Å². The van der Waals surface area contributed by atoms with Gasteiger partial charge < -0.3 is 10.2 Å². The predicted octanol–water partition coefficient (Wildman–Crippen LogP) is 2.99. The zero-order chi connectivity index (χ0) is 17.4. The fourth-order valence-electron chi connectivity index (χ4n) is 3.01. The van der Waals surface area contributed by atoms with Gasteiger partial charge in [-0.2, -0.15) is 0 Å². The van der Waals surface area contributed by atoms with Crippen LogP contribution in [0.4, 0.5) is 11.4 Å². The second-order valence-corrected chi connectivity index (χ2v) is 7.26. The van der Waals surface area contributed by atoms with E-state index < -0.39 is 0 Å². The van der Waals surface area contributed by atoms with Crippen molar-refractivity contribution in [3.8, 4) is 0 Å². The van der Waals surface area contributed by atoms with Crippen molar-refractivity contribution in [1.29, 1.82) is 0 Å². The third kappa shape index (κ3) is 3.10. The van der Waals surface area contributed by atoms with Gasteiger partial charge in [-0.05, 0) is 37.3 Å². The number of pyridine rings is 1. The zero-order valence-corrected chi connectivity index (χ0v) is 14.4. The average molecular weight is 352 g/mol. The molecule has 1 fully saturated rings. The molecule has 2 aromatic heterocycles. The quantitative estimate of drug-likeness (QED) is 0.786. The van der Waals surface area contributed by atoms with Crippen LogP contribution in [-0.4, -0.2) is 28.3 Å². The average Bonchev–Trinajstić information content (AvgIpc) is 3.16. The van der Waals surface area contributed by atoms with Gasteiger partial charge in [0.15, 0.2) is 0 Å². The van der Waals surface area contributed by atoms with Gasteiger partial charge in [0.05, 0.1) is 33.0 Å². The molecule has 1 atom stereocenters. The Hall–Kier alpha value is -2.80. The van der Waals surface area contributed by atoms with Gasteiger partial charge in [0, 0.05) is 24.8 Å². The van der Waals surface area contributed by atoms with Crippen molar-refractivity contribution in [1.82, 2.24) is 9.97 Å². The number of carbonyl (C=O) groups excluding carboxylic acids is 2. The standard InChI is InChI=1S/C18H16N4O2S/c1-11-20-15-8-14(4-5-16(15)25-11)22-10-12(7-17(22)23)18(24)21-13-3-2-6-19-9-13/h2-6,8-9,12H,7,10H2,1H3,(H,21,24). The number of thiazole rings is 1. The van der Waals surface area contributed by atoms with Crippen molar-refractivity contribution in [3.05, 3.63) is 47.7 Å². The molecular weight excluding hydrogens is 336 g/mol. The van der Waals surface area contributed by atoms with E-state index in [4.69, 9.17) is 0 Å². The van der Waals surface area contributed by atoms with Gasteiger partial charge in [0.1, 0.15) is 0 Å². The number of aromatic nitrogens is 2. The van der Waals surface area contributed by atoms with E-state index in [1.165, 1.54) is 0 Å². The maximum Gasteiger partial charge on any atom is 0.229 e. The Morgan fingerprint density at radius 3 is 3.04 bits per heavy atom. The molecule has 0 bridgehead atoms. The van der Waals surface area contributed by atoms with Gasteiger partial charge in [-0.25, -0.2) is 4.98 Å². The monoisotopic (exact) mass is 352 g/mol. The van der Waals surface area contributed by atoms with Crippen LogP contribution in [0.1, 0.15) is 11.4 Å². The summed E-state index contributed by atoms with van der Waals surface area (Å²) in [4.78, 5) is 34.9. The van der Waals surface area contributed by atoms with E-state index in [-0.39, 0.29) is 24.2 Å². The molecule has 126 valence electrons. The lowest BCUT2D eigenvalue weighted by molar-refractivity contribution is -0.122. The molecule has 3 aromatic rings. The van der Waals surface area contributed by atoms with E-state index in [9.17, 15) is 9.59 Å². The summed E-state index contributed by atoms with van der Waals surface area (Å²) in [5.74, 6) is -0.576. The van der Waals surface area contributed by atoms with Crippen LogP contribution < -0.4 is 10.2 Å². The van der Waals surface area contributed by atoms with Crippen molar-refractivity contribution >= 4 is 44.7 Å². The number of hydrogen-bond donors (Lipinski definition) is 1. The summed E-state index contributed by atoms with van der Waals surface area (Å²) in [6.07, 6.45) is 3.44. The van der Waals surface area contributed by atoms with Crippen LogP contribution in [0.25, 0.3) is 10.2 Å². The maximum absolute atomic E-state index is 12.4. The summed E-state index contributed by atoms with van der Waals surface area (Å²) in [7, 11) is 0. The molecule has 6 nitrogen and oxygen atoms in total. The van der Waals surface area contributed by atoms with Crippen molar-refractivity contribution in [2.45, 2.75) is 13.3 Å². The predicted molar refractivity (Wildman–Crippen MR) is 97.7 cm³/mol. The molecular formula is C18H16N4O2S. The van der Waals surface area contributed by atoms with E-state index in [1.807, 2.05) is 25.1 Å². The minimum absolute atomic E-state index is 0.0439. The van der Waals surface area contributed by atoms with Crippen molar-refractivity contribution < 1.29 is 9.59 Å². The minimum Gasteiger partial charge on any atom is -0.324 e. The molecule has 1 saturated heterocycles. The van der Waals surface area contributed by atoms with Crippen LogP contribution in [0, 0.1) is 12.8 Å². The van der Waals surface area contributed by atoms with Crippen molar-refractivity contribution in [2.24, 2.45) is 5.92 Å². The molecule has 0 radical (unpaired) electrons. The molecule has 1 aliphatic rings. The Labute approximate surface area is 148 Å². The van der Waals surface area contributed by atoms with E-state index in [0.29, 0.717) is 12.2 Å². The second-order valence-electron chi connectivity index (χ2n) is 6.02. The molecule has 7 heteroatoms. The van der Waals surface area contributed by atoms with Gasteiger partial charge in [0.25, 0.3) is 0 Å². The fourth-order valence-corrected chi connectivity index (χ4v) is 3.82. The Morgan fingerprint density at radius 1 is 1.36 bits per heavy atom. The Bertz CT molecular complexity index is 954. The number of nitrogens with one attached hydrogen (secondary N) is 1. The van der Waals surface area contributed by atoms with Gasteiger partial charge in [-0.1, -0.05) is 0 Å². The number of aryl methyl sites for hydroxylation is 1. The molecule has 1 N–H and O–H groups in total. The van der Waals surface area contributed by atoms with Crippen LogP contribution in [0.2, 0.25) is 0 Å². The lowest BCUT2D eigenvalue weighted by Gasteiger charge is -2.16. The van der Waals surface area contributed by atoms with E-state index >= 15 is 0 Å². The first-order chi connectivity index (χ1) is 12.1. The summed E-state index contributed by atoms with van der Waals surface area (Å²) in [6.45, 7) is 2.34. The highest BCUT2D eigenvalue weighted by Crippen LogP contribution is 2.30. The number of benzene rings is 1. The fraction of sp³-hybridized carbons (Fsp3) is 0.222. The van der Waals surface area contributed by atoms with E-state index in [2.05, 4.69) is 15.3 Å². The van der Waals surface area contributed by atoms with E-state index in [1.54, 1.807) is 40.8 Å². The zero-order valence-electron chi connectivity index (χ0n) is 13.6. The highest BCUT2D eigenvalue weighted by molar-refractivity contribution is 7.18. The summed E-state index contributed by atoms with van der Waals surface area (Å²) in [6, 6.07) is 9.34. The van der Waals surface area contributed by atoms with Crippen molar-refractivity contribution in [3.63, 3.8) is 0 Å². The van der Waals surface area contributed by atoms with Crippen LogP contribution in [-0.2, 0) is 9.59 Å². The molecule has 2 amide bonds. The van der Waals surface area contributed by atoms with Crippen LogP contribution >= 0.6 is 11.3 Å². The highest BCUT2D eigenvalue weighted by atomic mass is 32.1. The smallest absolute Gasteiger partial charge is 0.229 e. The summed E-state index contributed by atoms with van der Waals surface area (Å²) in [5.41, 5.74) is 2.31. The first-order valence-electron chi connectivity index (χ1n) is 7.98. The third-order valence-electron chi connectivity index (χ3n) is 4.21. The molecule has 1 aromatic carbocycles. The second kappa shape index (κ2) is 6.25. The highest BCUT2D eigenvalue weighted by Gasteiger charge is 2.35. The molecule has 1 aliphatic heterocycles. The number of fused-ring (bicyclic) bond motifs is 1. The number of hydrogen-bond acceptors (Lipinski definition) is 5. The normalized spacial score (nSPS) is 17.2. The topological polar surface area (TPSA) is 75.2 Å². The molecule has 0 saturated carbocycles.